The zero-order valence-electron chi connectivity index (χ0n) is 20.2. The molecule has 0 unspecified atom stereocenters. The number of rotatable bonds is 9. The van der Waals surface area contributed by atoms with Gasteiger partial charge in [0, 0.05) is 6.54 Å². The third-order valence-corrected chi connectivity index (χ3v) is 7.53. The van der Waals surface area contributed by atoms with Crippen molar-refractivity contribution in [2.45, 2.75) is 25.3 Å². The second-order valence-electron chi connectivity index (χ2n) is 8.44. The van der Waals surface area contributed by atoms with Crippen molar-refractivity contribution in [3.05, 3.63) is 120 Å². The van der Waals surface area contributed by atoms with E-state index in [2.05, 4.69) is 5.32 Å². The lowest BCUT2D eigenvalue weighted by Gasteiger charge is -2.24. The van der Waals surface area contributed by atoms with Gasteiger partial charge in [-0.05, 0) is 73.5 Å². The summed E-state index contributed by atoms with van der Waals surface area (Å²) in [4.78, 5) is 13.0. The Hall–Kier alpha value is -4.10. The molecular weight excluding hydrogens is 472 g/mol. The number of hydrogen-bond donors (Lipinski definition) is 1. The number of nitrogens with zero attached hydrogens (tertiary/aromatic N) is 1. The summed E-state index contributed by atoms with van der Waals surface area (Å²) in [6, 6.07) is 30.3. The maximum atomic E-state index is 13.6. The summed E-state index contributed by atoms with van der Waals surface area (Å²) < 4.78 is 34.1. The van der Waals surface area contributed by atoms with Crippen LogP contribution in [0.1, 0.15) is 16.7 Å². The Kier molecular flexibility index (Phi) is 7.71. The average molecular weight is 501 g/mol. The minimum Gasteiger partial charge on any atom is -0.457 e. The molecule has 0 radical (unpaired) electrons. The first-order valence-corrected chi connectivity index (χ1v) is 13.0. The topological polar surface area (TPSA) is 75.7 Å². The van der Waals surface area contributed by atoms with Crippen molar-refractivity contribution in [1.82, 2.24) is 5.32 Å². The van der Waals surface area contributed by atoms with E-state index in [9.17, 15) is 13.2 Å². The van der Waals surface area contributed by atoms with E-state index in [1.165, 1.54) is 0 Å². The van der Waals surface area contributed by atoms with Gasteiger partial charge in [-0.25, -0.2) is 8.42 Å². The van der Waals surface area contributed by atoms with E-state index in [-0.39, 0.29) is 11.4 Å². The molecule has 0 aromatic heterocycles. The predicted molar refractivity (Wildman–Crippen MR) is 142 cm³/mol. The summed E-state index contributed by atoms with van der Waals surface area (Å²) in [6.07, 6.45) is 0. The number of carbonyl (C=O) groups excluding carboxylic acids is 1. The fourth-order valence-electron chi connectivity index (χ4n) is 3.65. The van der Waals surface area contributed by atoms with Crippen LogP contribution < -0.4 is 14.4 Å². The number of aryl methyl sites for hydroxylation is 2. The van der Waals surface area contributed by atoms with Gasteiger partial charge < -0.3 is 10.1 Å². The van der Waals surface area contributed by atoms with Crippen LogP contribution in [0, 0.1) is 13.8 Å². The van der Waals surface area contributed by atoms with Gasteiger partial charge in [-0.1, -0.05) is 60.2 Å². The zero-order chi connectivity index (χ0) is 25.5. The van der Waals surface area contributed by atoms with Crippen LogP contribution in [0.5, 0.6) is 11.5 Å². The quantitative estimate of drug-likeness (QED) is 0.324. The van der Waals surface area contributed by atoms with Gasteiger partial charge in [0.1, 0.15) is 18.0 Å². The second-order valence-corrected chi connectivity index (χ2v) is 10.3. The molecule has 1 amide bonds. The molecule has 4 rings (SSSR count). The molecule has 0 bridgehead atoms. The van der Waals surface area contributed by atoms with Crippen molar-refractivity contribution in [2.24, 2.45) is 0 Å². The minimum absolute atomic E-state index is 0.115. The summed E-state index contributed by atoms with van der Waals surface area (Å²) in [7, 11) is -4.00. The Morgan fingerprint density at radius 1 is 0.778 bits per heavy atom. The maximum absolute atomic E-state index is 13.6. The molecule has 0 aliphatic rings. The normalized spacial score (nSPS) is 11.1. The number of amides is 1. The summed E-state index contributed by atoms with van der Waals surface area (Å²) in [6.45, 7) is 3.81. The van der Waals surface area contributed by atoms with Gasteiger partial charge in [0.2, 0.25) is 5.91 Å². The molecule has 184 valence electrons. The molecule has 4 aromatic rings. The van der Waals surface area contributed by atoms with E-state index < -0.39 is 15.9 Å². The maximum Gasteiger partial charge on any atom is 0.264 e. The highest BCUT2D eigenvalue weighted by molar-refractivity contribution is 7.92. The number of ether oxygens (including phenoxy) is 1. The van der Waals surface area contributed by atoms with Crippen LogP contribution in [0.4, 0.5) is 5.69 Å². The highest BCUT2D eigenvalue weighted by atomic mass is 32.2. The van der Waals surface area contributed by atoms with Crippen molar-refractivity contribution in [1.29, 1.82) is 0 Å². The van der Waals surface area contributed by atoms with Crippen LogP contribution in [0.25, 0.3) is 0 Å². The van der Waals surface area contributed by atoms with Crippen molar-refractivity contribution in [3.8, 4) is 11.5 Å². The summed E-state index contributed by atoms with van der Waals surface area (Å²) >= 11 is 0. The Balaban J connectivity index is 1.58. The molecule has 0 fully saturated rings. The summed E-state index contributed by atoms with van der Waals surface area (Å²) in [5.41, 5.74) is 3.33. The molecule has 36 heavy (non-hydrogen) atoms. The second kappa shape index (κ2) is 11.1. The molecule has 0 aliphatic heterocycles. The van der Waals surface area contributed by atoms with E-state index in [0.717, 1.165) is 21.0 Å². The Bertz CT molecular complexity index is 1420. The van der Waals surface area contributed by atoms with Crippen LogP contribution >= 0.6 is 0 Å². The summed E-state index contributed by atoms with van der Waals surface area (Å²) in [5, 5.41) is 2.85. The molecular formula is C29H28N2O4S. The molecule has 0 saturated carbocycles. The molecule has 6 nitrogen and oxygen atoms in total. The van der Waals surface area contributed by atoms with E-state index in [1.807, 2.05) is 68.4 Å². The number of para-hydroxylation sites is 1. The fourth-order valence-corrected chi connectivity index (χ4v) is 5.07. The van der Waals surface area contributed by atoms with Crippen molar-refractivity contribution < 1.29 is 17.9 Å². The highest BCUT2D eigenvalue weighted by Gasteiger charge is 2.27. The Labute approximate surface area is 212 Å². The Morgan fingerprint density at radius 3 is 2.06 bits per heavy atom. The monoisotopic (exact) mass is 500 g/mol. The van der Waals surface area contributed by atoms with Crippen LogP contribution in [0.2, 0.25) is 0 Å². The third-order valence-electron chi connectivity index (χ3n) is 5.74. The van der Waals surface area contributed by atoms with E-state index in [0.29, 0.717) is 23.7 Å². The highest BCUT2D eigenvalue weighted by Crippen LogP contribution is 2.28. The van der Waals surface area contributed by atoms with Gasteiger partial charge >= 0.3 is 0 Å². The largest absolute Gasteiger partial charge is 0.457 e. The number of anilines is 1. The number of hydrogen-bond acceptors (Lipinski definition) is 4. The number of nitrogens with one attached hydrogen (secondary N) is 1. The van der Waals surface area contributed by atoms with Crippen LogP contribution in [-0.4, -0.2) is 20.9 Å². The molecule has 4 aromatic carbocycles. The van der Waals surface area contributed by atoms with Gasteiger partial charge in [-0.2, -0.15) is 0 Å². The standard InChI is InChI=1S/C29H28N2O4S/c1-22-12-18-28(19-13-22)36(33,34)31(21-29(32)30-20-24-9-7-6-8-23(24)2)25-14-16-27(17-15-25)35-26-10-4-3-5-11-26/h3-19H,20-21H2,1-2H3,(H,30,32). The van der Waals surface area contributed by atoms with E-state index in [4.69, 9.17) is 4.74 Å². The fraction of sp³-hybridized carbons (Fsp3) is 0.138. The average Bonchev–Trinajstić information content (AvgIpc) is 2.88. The minimum atomic E-state index is -4.00. The van der Waals surface area contributed by atoms with Crippen LogP contribution in [0.3, 0.4) is 0 Å². The lowest BCUT2D eigenvalue weighted by atomic mass is 10.1. The van der Waals surface area contributed by atoms with Crippen molar-refractivity contribution >= 4 is 21.6 Å². The molecule has 1 N–H and O–H groups in total. The third kappa shape index (κ3) is 6.12. The first-order valence-electron chi connectivity index (χ1n) is 11.6. The van der Waals surface area contributed by atoms with E-state index in [1.54, 1.807) is 48.5 Å². The number of sulfonamides is 1. The van der Waals surface area contributed by atoms with Crippen molar-refractivity contribution in [3.63, 3.8) is 0 Å². The smallest absolute Gasteiger partial charge is 0.264 e. The molecule has 0 saturated heterocycles. The lowest BCUT2D eigenvalue weighted by molar-refractivity contribution is -0.119. The summed E-state index contributed by atoms with van der Waals surface area (Å²) in [5.74, 6) is 0.824. The SMILES string of the molecule is Cc1ccc(S(=O)(=O)N(CC(=O)NCc2ccccc2C)c2ccc(Oc3ccccc3)cc2)cc1. The van der Waals surface area contributed by atoms with Gasteiger partial charge in [-0.3, -0.25) is 9.10 Å². The van der Waals surface area contributed by atoms with Gasteiger partial charge in [-0.15, -0.1) is 0 Å². The van der Waals surface area contributed by atoms with Crippen LogP contribution in [0.15, 0.2) is 108 Å². The Morgan fingerprint density at radius 2 is 1.39 bits per heavy atom. The first kappa shape index (κ1) is 25.0. The van der Waals surface area contributed by atoms with Gasteiger partial charge in [0.15, 0.2) is 0 Å². The number of carbonyl (C=O) groups is 1. The molecule has 0 aliphatic carbocycles. The number of benzene rings is 4. The zero-order valence-corrected chi connectivity index (χ0v) is 21.0. The van der Waals surface area contributed by atoms with E-state index >= 15 is 0 Å². The van der Waals surface area contributed by atoms with Crippen LogP contribution in [-0.2, 0) is 21.4 Å². The lowest BCUT2D eigenvalue weighted by Crippen LogP contribution is -2.40. The van der Waals surface area contributed by atoms with Crippen molar-refractivity contribution in [2.75, 3.05) is 10.8 Å². The predicted octanol–water partition coefficient (Wildman–Crippen LogP) is 5.61. The molecule has 0 heterocycles. The molecule has 7 heteroatoms. The van der Waals surface area contributed by atoms with Gasteiger partial charge in [0.25, 0.3) is 10.0 Å². The molecule has 0 atom stereocenters. The molecule has 0 spiro atoms. The first-order chi connectivity index (χ1) is 17.3. The van der Waals surface area contributed by atoms with Gasteiger partial charge in [0.05, 0.1) is 10.6 Å².